The van der Waals surface area contributed by atoms with Crippen LogP contribution >= 0.6 is 15.9 Å². The summed E-state index contributed by atoms with van der Waals surface area (Å²) in [5, 5.41) is 19.0. The van der Waals surface area contributed by atoms with Crippen molar-refractivity contribution in [3.05, 3.63) is 28.8 Å². The molecule has 1 aromatic rings. The summed E-state index contributed by atoms with van der Waals surface area (Å²) in [7, 11) is 0. The largest absolute Gasteiger partial charge is 0.506 e. The second-order valence-corrected chi connectivity index (χ2v) is 3.52. The fourth-order valence-corrected chi connectivity index (χ4v) is 1.69. The van der Waals surface area contributed by atoms with Gasteiger partial charge in [0.05, 0.1) is 12.2 Å². The Kier molecular flexibility index (Phi) is 4.32. The van der Waals surface area contributed by atoms with Crippen LogP contribution in [-0.4, -0.2) is 17.7 Å². The molecule has 0 atom stereocenters. The molecule has 1 rings (SSSR count). The van der Waals surface area contributed by atoms with Gasteiger partial charge in [-0.15, -0.1) is 0 Å². The lowest BCUT2D eigenvalue weighted by Gasteiger charge is -2.07. The van der Waals surface area contributed by atoms with E-state index in [1.807, 2.05) is 0 Å². The van der Waals surface area contributed by atoms with Crippen molar-refractivity contribution >= 4 is 21.9 Å². The Hall–Kier alpha value is -1.54. The van der Waals surface area contributed by atoms with E-state index in [0.717, 1.165) is 0 Å². The average molecular weight is 284 g/mol. The lowest BCUT2D eigenvalue weighted by Crippen LogP contribution is -2.07. The first-order chi connectivity index (χ1) is 7.65. The zero-order valence-electron chi connectivity index (χ0n) is 8.66. The highest BCUT2D eigenvalue weighted by atomic mass is 79.9. The number of rotatable bonds is 3. The molecular formula is C11H10BrNO3. The van der Waals surface area contributed by atoms with Crippen LogP contribution in [-0.2, 0) is 10.1 Å². The Balaban J connectivity index is 3.27. The summed E-state index contributed by atoms with van der Waals surface area (Å²) in [6.07, 6.45) is 0. The first-order valence-electron chi connectivity index (χ1n) is 4.63. The maximum atomic E-state index is 11.5. The summed E-state index contributed by atoms with van der Waals surface area (Å²) < 4.78 is 4.79. The summed E-state index contributed by atoms with van der Waals surface area (Å²) in [6.45, 7) is 1.90. The standard InChI is InChI=1S/C11H10BrNO3/c1-2-16-11(15)8-4-3-7(5-12)10(14)9(8)6-13/h3-4,14H,2,5H2,1H3. The van der Waals surface area contributed by atoms with Crippen molar-refractivity contribution in [3.8, 4) is 11.8 Å². The molecule has 0 aliphatic carbocycles. The number of phenols is 1. The van der Waals surface area contributed by atoms with Gasteiger partial charge in [-0.25, -0.2) is 4.79 Å². The van der Waals surface area contributed by atoms with Gasteiger partial charge in [-0.05, 0) is 13.0 Å². The van der Waals surface area contributed by atoms with Crippen molar-refractivity contribution in [2.45, 2.75) is 12.3 Å². The zero-order chi connectivity index (χ0) is 12.1. The van der Waals surface area contributed by atoms with Gasteiger partial charge < -0.3 is 9.84 Å². The minimum absolute atomic E-state index is 0.0459. The van der Waals surface area contributed by atoms with E-state index in [-0.39, 0.29) is 23.5 Å². The zero-order valence-corrected chi connectivity index (χ0v) is 10.2. The van der Waals surface area contributed by atoms with Gasteiger partial charge in [-0.2, -0.15) is 5.26 Å². The number of phenolic OH excluding ortho intramolecular Hbond substituents is 1. The SMILES string of the molecule is CCOC(=O)c1ccc(CBr)c(O)c1C#N. The van der Waals surface area contributed by atoms with Gasteiger partial charge in [-0.1, -0.05) is 22.0 Å². The van der Waals surface area contributed by atoms with Gasteiger partial charge in [0.2, 0.25) is 0 Å². The molecule has 0 saturated carbocycles. The third kappa shape index (κ3) is 2.34. The van der Waals surface area contributed by atoms with Crippen LogP contribution < -0.4 is 0 Å². The first-order valence-corrected chi connectivity index (χ1v) is 5.75. The number of ether oxygens (including phenoxy) is 1. The smallest absolute Gasteiger partial charge is 0.339 e. The van der Waals surface area contributed by atoms with E-state index < -0.39 is 5.97 Å². The molecule has 1 aromatic carbocycles. The van der Waals surface area contributed by atoms with Crippen LogP contribution in [0.15, 0.2) is 12.1 Å². The molecule has 16 heavy (non-hydrogen) atoms. The molecule has 0 aromatic heterocycles. The second-order valence-electron chi connectivity index (χ2n) is 2.96. The first kappa shape index (κ1) is 12.5. The molecule has 0 aliphatic rings. The number of benzene rings is 1. The fourth-order valence-electron chi connectivity index (χ4n) is 1.23. The normalized spacial score (nSPS) is 9.56. The molecule has 0 amide bonds. The average Bonchev–Trinajstić information content (AvgIpc) is 2.28. The van der Waals surface area contributed by atoms with Gasteiger partial charge in [0.1, 0.15) is 17.4 Å². The molecule has 1 N–H and O–H groups in total. The molecule has 0 heterocycles. The highest BCUT2D eigenvalue weighted by Gasteiger charge is 2.18. The van der Waals surface area contributed by atoms with Crippen LogP contribution in [0.1, 0.15) is 28.4 Å². The number of hydrogen-bond donors (Lipinski definition) is 1. The highest BCUT2D eigenvalue weighted by Crippen LogP contribution is 2.27. The van der Waals surface area contributed by atoms with E-state index in [4.69, 9.17) is 10.00 Å². The quantitative estimate of drug-likeness (QED) is 0.683. The van der Waals surface area contributed by atoms with E-state index in [1.165, 1.54) is 6.07 Å². The van der Waals surface area contributed by atoms with Crippen LogP contribution in [0, 0.1) is 11.3 Å². The number of halogens is 1. The number of esters is 1. The summed E-state index contributed by atoms with van der Waals surface area (Å²) in [4.78, 5) is 11.5. The van der Waals surface area contributed by atoms with Gasteiger partial charge in [0.15, 0.2) is 0 Å². The molecule has 5 heteroatoms. The Morgan fingerprint density at radius 1 is 1.62 bits per heavy atom. The van der Waals surface area contributed by atoms with E-state index in [2.05, 4.69) is 15.9 Å². The molecule has 0 radical (unpaired) electrons. The molecule has 0 fully saturated rings. The maximum Gasteiger partial charge on any atom is 0.339 e. The van der Waals surface area contributed by atoms with Crippen molar-refractivity contribution in [2.75, 3.05) is 6.61 Å². The number of alkyl halides is 1. The number of nitriles is 1. The Morgan fingerprint density at radius 2 is 2.31 bits per heavy atom. The van der Waals surface area contributed by atoms with Crippen LogP contribution in [0.3, 0.4) is 0 Å². The van der Waals surface area contributed by atoms with Crippen molar-refractivity contribution in [1.29, 1.82) is 5.26 Å². The predicted molar refractivity (Wildman–Crippen MR) is 61.4 cm³/mol. The van der Waals surface area contributed by atoms with Crippen LogP contribution in [0.2, 0.25) is 0 Å². The summed E-state index contributed by atoms with van der Waals surface area (Å²) in [6, 6.07) is 4.87. The van der Waals surface area contributed by atoms with Crippen LogP contribution in [0.25, 0.3) is 0 Å². The monoisotopic (exact) mass is 283 g/mol. The Bertz CT molecular complexity index is 451. The fraction of sp³-hybridized carbons (Fsp3) is 0.273. The molecule has 0 aliphatic heterocycles. The molecule has 0 spiro atoms. The van der Waals surface area contributed by atoms with Gasteiger partial charge in [-0.3, -0.25) is 0 Å². The van der Waals surface area contributed by atoms with E-state index in [1.54, 1.807) is 19.1 Å². The van der Waals surface area contributed by atoms with Crippen molar-refractivity contribution in [2.24, 2.45) is 0 Å². The molecule has 0 unspecified atom stereocenters. The number of carbonyl (C=O) groups is 1. The minimum atomic E-state index is -0.601. The van der Waals surface area contributed by atoms with Gasteiger partial charge in [0, 0.05) is 10.9 Å². The molecular weight excluding hydrogens is 274 g/mol. The third-order valence-corrected chi connectivity index (χ3v) is 2.62. The maximum absolute atomic E-state index is 11.5. The number of hydrogen-bond acceptors (Lipinski definition) is 4. The second kappa shape index (κ2) is 5.52. The molecule has 0 saturated heterocycles. The number of nitrogens with zero attached hydrogens (tertiary/aromatic N) is 1. The highest BCUT2D eigenvalue weighted by molar-refractivity contribution is 9.08. The lowest BCUT2D eigenvalue weighted by molar-refractivity contribution is 0.0525. The molecule has 84 valence electrons. The van der Waals surface area contributed by atoms with Crippen molar-refractivity contribution < 1.29 is 14.6 Å². The van der Waals surface area contributed by atoms with E-state index in [0.29, 0.717) is 10.9 Å². The van der Waals surface area contributed by atoms with Gasteiger partial charge in [0.25, 0.3) is 0 Å². The van der Waals surface area contributed by atoms with Crippen molar-refractivity contribution in [3.63, 3.8) is 0 Å². The lowest BCUT2D eigenvalue weighted by atomic mass is 10.0. The van der Waals surface area contributed by atoms with E-state index >= 15 is 0 Å². The van der Waals surface area contributed by atoms with Gasteiger partial charge >= 0.3 is 5.97 Å². The van der Waals surface area contributed by atoms with Crippen molar-refractivity contribution in [1.82, 2.24) is 0 Å². The summed E-state index contributed by atoms with van der Waals surface area (Å²) in [5.74, 6) is -0.777. The van der Waals surface area contributed by atoms with Crippen LogP contribution in [0.5, 0.6) is 5.75 Å². The van der Waals surface area contributed by atoms with E-state index in [9.17, 15) is 9.90 Å². The topological polar surface area (TPSA) is 70.3 Å². The Labute approximate surface area is 102 Å². The third-order valence-electron chi connectivity index (χ3n) is 2.01. The molecule has 4 nitrogen and oxygen atoms in total. The number of aromatic hydroxyl groups is 1. The van der Waals surface area contributed by atoms with Crippen LogP contribution in [0.4, 0.5) is 0 Å². The summed E-state index contributed by atoms with van der Waals surface area (Å²) >= 11 is 3.18. The minimum Gasteiger partial charge on any atom is -0.506 e. The molecule has 0 bridgehead atoms. The summed E-state index contributed by atoms with van der Waals surface area (Å²) in [5.41, 5.74) is 0.603. The predicted octanol–water partition coefficient (Wildman–Crippen LogP) is 2.34. The Morgan fingerprint density at radius 3 is 2.81 bits per heavy atom. The number of carbonyl (C=O) groups excluding carboxylic acids is 1.